The number of hydrogen-bond donors (Lipinski definition) is 0. The van der Waals surface area contributed by atoms with Crippen LogP contribution in [-0.2, 0) is 6.42 Å². The Morgan fingerprint density at radius 1 is 0.417 bits per heavy atom. The molecule has 0 atom stereocenters. The summed E-state index contributed by atoms with van der Waals surface area (Å²) in [7, 11) is 0. The van der Waals surface area contributed by atoms with Crippen molar-refractivity contribution in [1.82, 2.24) is 0 Å². The van der Waals surface area contributed by atoms with E-state index in [9.17, 15) is 0 Å². The Balaban J connectivity index is 1.45. The van der Waals surface area contributed by atoms with Crippen LogP contribution < -0.4 is 0 Å². The fourth-order valence-electron chi connectivity index (χ4n) is 7.44. The maximum atomic E-state index is 2.41. The minimum atomic E-state index is 1.15. The van der Waals surface area contributed by atoms with Gasteiger partial charge in [0.15, 0.2) is 0 Å². The highest BCUT2D eigenvalue weighted by atomic mass is 14.3. The molecule has 0 saturated heterocycles. The van der Waals surface area contributed by atoms with E-state index in [2.05, 4.69) is 97.9 Å². The fourth-order valence-corrected chi connectivity index (χ4v) is 7.44. The van der Waals surface area contributed by atoms with E-state index in [-0.39, 0.29) is 0 Å². The first-order chi connectivity index (χ1) is 17.8. The number of fused-ring (bicyclic) bond motifs is 8. The van der Waals surface area contributed by atoms with Crippen LogP contribution in [0, 0.1) is 0 Å². The van der Waals surface area contributed by atoms with Crippen molar-refractivity contribution in [2.45, 2.75) is 26.2 Å². The number of benzene rings is 7. The van der Waals surface area contributed by atoms with Gasteiger partial charge in [0.05, 0.1) is 0 Å². The van der Waals surface area contributed by atoms with Gasteiger partial charge in [-0.3, -0.25) is 0 Å². The summed E-state index contributed by atoms with van der Waals surface area (Å²) in [5.74, 6) is 0. The lowest BCUT2D eigenvalue weighted by molar-refractivity contribution is 0.796. The lowest BCUT2D eigenvalue weighted by Gasteiger charge is -2.17. The lowest BCUT2D eigenvalue weighted by Crippen LogP contribution is -1.90. The second-order valence-electron chi connectivity index (χ2n) is 10.6. The van der Waals surface area contributed by atoms with E-state index < -0.39 is 0 Å². The van der Waals surface area contributed by atoms with Gasteiger partial charge in [0, 0.05) is 0 Å². The number of hydrogen-bond acceptors (Lipinski definition) is 0. The van der Waals surface area contributed by atoms with Crippen LogP contribution in [0.1, 0.15) is 25.3 Å². The highest BCUT2D eigenvalue weighted by Crippen LogP contribution is 2.56. The molecule has 0 nitrogen and oxygen atoms in total. The third kappa shape index (κ3) is 2.10. The summed E-state index contributed by atoms with van der Waals surface area (Å²) in [6, 6.07) is 34.9. The molecule has 0 heterocycles. The summed E-state index contributed by atoms with van der Waals surface area (Å²) in [5, 5.41) is 11.3. The summed E-state index contributed by atoms with van der Waals surface area (Å²) >= 11 is 0. The molecule has 0 heteroatoms. The Morgan fingerprint density at radius 2 is 0.917 bits per heavy atom. The van der Waals surface area contributed by atoms with Gasteiger partial charge in [0.2, 0.25) is 0 Å². The molecule has 2 aliphatic carbocycles. The Labute approximate surface area is 210 Å². The first kappa shape index (κ1) is 19.1. The molecule has 0 radical (unpaired) electrons. The summed E-state index contributed by atoms with van der Waals surface area (Å²) < 4.78 is 0. The average Bonchev–Trinajstić information content (AvgIpc) is 3.44. The number of aryl methyl sites for hydroxylation is 1. The average molecular weight is 457 g/mol. The Morgan fingerprint density at radius 3 is 1.50 bits per heavy atom. The highest BCUT2D eigenvalue weighted by Gasteiger charge is 2.28. The van der Waals surface area contributed by atoms with Crippen LogP contribution >= 0.6 is 0 Å². The molecule has 0 spiro atoms. The highest BCUT2D eigenvalue weighted by molar-refractivity contribution is 6.39. The van der Waals surface area contributed by atoms with Crippen LogP contribution in [0.25, 0.3) is 87.6 Å². The molecule has 168 valence electrons. The van der Waals surface area contributed by atoms with Crippen molar-refractivity contribution >= 4 is 43.1 Å². The molecule has 2 aliphatic rings. The van der Waals surface area contributed by atoms with Crippen LogP contribution in [-0.4, -0.2) is 0 Å². The predicted molar refractivity (Wildman–Crippen MR) is 155 cm³/mol. The minimum absolute atomic E-state index is 1.15. The summed E-state index contributed by atoms with van der Waals surface area (Å²) in [5.41, 5.74) is 12.7. The van der Waals surface area contributed by atoms with E-state index in [0.29, 0.717) is 0 Å². The Kier molecular flexibility index (Phi) is 3.46. The van der Waals surface area contributed by atoms with Crippen molar-refractivity contribution < 1.29 is 0 Å². The van der Waals surface area contributed by atoms with E-state index in [4.69, 9.17) is 0 Å². The minimum Gasteiger partial charge on any atom is -0.0654 e. The van der Waals surface area contributed by atoms with Gasteiger partial charge in [-0.2, -0.15) is 0 Å². The molecule has 0 saturated carbocycles. The fraction of sp³-hybridized carbons (Fsp3) is 0.111. The predicted octanol–water partition coefficient (Wildman–Crippen LogP) is 10.4. The summed E-state index contributed by atoms with van der Waals surface area (Å²) in [4.78, 5) is 0. The van der Waals surface area contributed by atoms with Gasteiger partial charge in [-0.05, 0) is 106 Å². The molecule has 0 N–H and O–H groups in total. The largest absolute Gasteiger partial charge is 0.0654 e. The molecule has 0 bridgehead atoms. The monoisotopic (exact) mass is 456 g/mol. The van der Waals surface area contributed by atoms with Gasteiger partial charge >= 0.3 is 0 Å². The Bertz CT molecular complexity index is 1990. The van der Waals surface area contributed by atoms with E-state index >= 15 is 0 Å². The van der Waals surface area contributed by atoms with Crippen molar-refractivity contribution in [3.8, 4) is 44.5 Å². The first-order valence-corrected chi connectivity index (χ1v) is 13.3. The van der Waals surface area contributed by atoms with Gasteiger partial charge < -0.3 is 0 Å². The van der Waals surface area contributed by atoms with Crippen LogP contribution in [0.4, 0.5) is 0 Å². The Hall–Kier alpha value is -4.16. The normalized spacial score (nSPS) is 12.9. The van der Waals surface area contributed by atoms with E-state index in [0.717, 1.165) is 6.42 Å². The molecule has 7 aromatic carbocycles. The van der Waals surface area contributed by atoms with E-state index in [1.807, 2.05) is 0 Å². The van der Waals surface area contributed by atoms with Gasteiger partial charge in [0.25, 0.3) is 0 Å². The van der Waals surface area contributed by atoms with E-state index in [1.54, 1.807) is 0 Å². The molecule has 36 heavy (non-hydrogen) atoms. The van der Waals surface area contributed by atoms with Gasteiger partial charge in [0.1, 0.15) is 0 Å². The van der Waals surface area contributed by atoms with Crippen molar-refractivity contribution in [1.29, 1.82) is 0 Å². The van der Waals surface area contributed by atoms with Crippen molar-refractivity contribution in [2.75, 3.05) is 0 Å². The zero-order valence-electron chi connectivity index (χ0n) is 20.3. The molecule has 0 unspecified atom stereocenters. The van der Waals surface area contributed by atoms with Crippen molar-refractivity contribution in [2.24, 2.45) is 0 Å². The third-order valence-electron chi connectivity index (χ3n) is 8.92. The number of rotatable bonds is 3. The second-order valence-corrected chi connectivity index (χ2v) is 10.6. The SMILES string of the molecule is CCCCc1cccc2c1-c1ccc3c4ccc5c6c(ccc(c7ccc-2c1c73)c64)-c1ccccc1-5. The van der Waals surface area contributed by atoms with Gasteiger partial charge in [-0.1, -0.05) is 104 Å². The smallest absolute Gasteiger partial charge is 0.00138 e. The van der Waals surface area contributed by atoms with Crippen LogP contribution in [0.3, 0.4) is 0 Å². The lowest BCUT2D eigenvalue weighted by atomic mass is 9.86. The molecule has 0 aliphatic heterocycles. The van der Waals surface area contributed by atoms with Gasteiger partial charge in [-0.15, -0.1) is 0 Å². The molecular weight excluding hydrogens is 432 g/mol. The topological polar surface area (TPSA) is 0 Å². The molecule has 7 aromatic rings. The molecule has 0 amide bonds. The second kappa shape index (κ2) is 6.53. The zero-order chi connectivity index (χ0) is 23.5. The maximum Gasteiger partial charge on any atom is -0.00138 e. The van der Waals surface area contributed by atoms with Gasteiger partial charge in [-0.25, -0.2) is 0 Å². The first-order valence-electron chi connectivity index (χ1n) is 13.3. The zero-order valence-corrected chi connectivity index (χ0v) is 20.3. The summed E-state index contributed by atoms with van der Waals surface area (Å²) in [6.45, 7) is 2.29. The van der Waals surface area contributed by atoms with E-state index in [1.165, 1.54) is 106 Å². The maximum absolute atomic E-state index is 2.41. The quantitative estimate of drug-likeness (QED) is 0.183. The molecule has 9 rings (SSSR count). The molecule has 0 aromatic heterocycles. The van der Waals surface area contributed by atoms with Crippen LogP contribution in [0.15, 0.2) is 91.0 Å². The number of unbranched alkanes of at least 4 members (excludes halogenated alkanes) is 1. The van der Waals surface area contributed by atoms with Crippen molar-refractivity contribution in [3.63, 3.8) is 0 Å². The third-order valence-corrected chi connectivity index (χ3v) is 8.92. The molecule has 0 fully saturated rings. The summed E-state index contributed by atoms with van der Waals surface area (Å²) in [6.07, 6.45) is 3.61. The molecular formula is C36H24. The standard InChI is InChI=1S/C36H24/c1-2-3-7-20-8-6-11-23-26-16-17-29-27-14-12-24-21-9-4-5-10-22(21)25-13-15-28(34(27)33(24)25)30-18-19-31(32(20)23)36(26)35(29)30/h4-6,8-19H,2-3,7H2,1H3. The van der Waals surface area contributed by atoms with Crippen LogP contribution in [0.5, 0.6) is 0 Å². The van der Waals surface area contributed by atoms with Crippen LogP contribution in [0.2, 0.25) is 0 Å². The van der Waals surface area contributed by atoms with Crippen molar-refractivity contribution in [3.05, 3.63) is 96.6 Å².